The van der Waals surface area contributed by atoms with Crippen LogP contribution in [0.4, 0.5) is 5.69 Å². The number of non-ortho nitro benzene ring substituents is 1. The van der Waals surface area contributed by atoms with Gasteiger partial charge >= 0.3 is 11.9 Å². The highest BCUT2D eigenvalue weighted by molar-refractivity contribution is 6.26. The van der Waals surface area contributed by atoms with Crippen LogP contribution >= 0.6 is 0 Å². The van der Waals surface area contributed by atoms with E-state index in [9.17, 15) is 24.5 Å². The van der Waals surface area contributed by atoms with E-state index in [1.807, 2.05) is 0 Å². The van der Waals surface area contributed by atoms with Crippen LogP contribution in [0, 0.1) is 10.1 Å². The van der Waals surface area contributed by atoms with Crippen LogP contribution in [0.5, 0.6) is 0 Å². The number of hydrogen-bond acceptors (Lipinski definition) is 7. The number of nitro benzene ring substituents is 1. The maximum atomic E-state index is 12.2. The second-order valence-electron chi connectivity index (χ2n) is 3.71. The van der Waals surface area contributed by atoms with Gasteiger partial charge in [0.05, 0.1) is 19.1 Å². The van der Waals surface area contributed by atoms with E-state index in [-0.39, 0.29) is 11.3 Å². The molecule has 0 spiro atoms. The Morgan fingerprint density at radius 2 is 1.86 bits per heavy atom. The second-order valence-corrected chi connectivity index (χ2v) is 3.71. The van der Waals surface area contributed by atoms with E-state index in [0.29, 0.717) is 6.08 Å². The predicted molar refractivity (Wildman–Crippen MR) is 69.5 cm³/mol. The summed E-state index contributed by atoms with van der Waals surface area (Å²) < 4.78 is 8.75. The van der Waals surface area contributed by atoms with Crippen LogP contribution < -0.4 is 0 Å². The molecular formula is C13H11NO7. The molecule has 0 aliphatic carbocycles. The number of hydrogen-bond donors (Lipinski definition) is 0. The number of esters is 2. The molecular weight excluding hydrogens is 282 g/mol. The lowest BCUT2D eigenvalue weighted by Gasteiger charge is -2.04. The van der Waals surface area contributed by atoms with Gasteiger partial charge in [-0.2, -0.15) is 0 Å². The van der Waals surface area contributed by atoms with Crippen molar-refractivity contribution in [1.82, 2.24) is 0 Å². The van der Waals surface area contributed by atoms with Gasteiger partial charge in [0.1, 0.15) is 5.57 Å². The van der Waals surface area contributed by atoms with Gasteiger partial charge in [-0.25, -0.2) is 9.59 Å². The number of nitrogens with zero attached hydrogens (tertiary/aromatic N) is 1. The van der Waals surface area contributed by atoms with Gasteiger partial charge in [-0.15, -0.1) is 0 Å². The normalized spacial score (nSPS) is 10.7. The van der Waals surface area contributed by atoms with Crippen LogP contribution in [0.2, 0.25) is 0 Å². The maximum absolute atomic E-state index is 12.2. The van der Waals surface area contributed by atoms with Crippen LogP contribution in [0.3, 0.4) is 0 Å². The number of carbonyl (C=O) groups is 3. The lowest BCUT2D eigenvalue weighted by atomic mass is 10.0. The predicted octanol–water partition coefficient (Wildman–Crippen LogP) is 1.05. The highest BCUT2D eigenvalue weighted by atomic mass is 16.6. The Morgan fingerprint density at radius 1 is 1.19 bits per heavy atom. The molecule has 0 bridgehead atoms. The third-order valence-electron chi connectivity index (χ3n) is 2.43. The van der Waals surface area contributed by atoms with Crippen molar-refractivity contribution < 1.29 is 28.8 Å². The zero-order valence-corrected chi connectivity index (χ0v) is 11.2. The molecule has 0 N–H and O–H groups in total. The summed E-state index contributed by atoms with van der Waals surface area (Å²) in [6.07, 6.45) is 0.674. The first-order valence-corrected chi connectivity index (χ1v) is 5.57. The van der Waals surface area contributed by atoms with Gasteiger partial charge in [0, 0.05) is 23.8 Å². The molecule has 0 saturated heterocycles. The van der Waals surface area contributed by atoms with Gasteiger partial charge in [0.25, 0.3) is 5.69 Å². The van der Waals surface area contributed by atoms with Gasteiger partial charge in [-0.05, 0) is 0 Å². The van der Waals surface area contributed by atoms with Crippen molar-refractivity contribution in [3.05, 3.63) is 51.6 Å². The van der Waals surface area contributed by atoms with Gasteiger partial charge in [-0.1, -0.05) is 12.1 Å². The Hall–Kier alpha value is -3.03. The first-order valence-electron chi connectivity index (χ1n) is 5.57. The molecule has 1 rings (SSSR count). The molecule has 1 aromatic carbocycles. The molecule has 8 heteroatoms. The zero-order valence-electron chi connectivity index (χ0n) is 11.2. The van der Waals surface area contributed by atoms with Gasteiger partial charge < -0.3 is 9.47 Å². The summed E-state index contributed by atoms with van der Waals surface area (Å²) >= 11 is 0. The average Bonchev–Trinajstić information content (AvgIpc) is 2.50. The van der Waals surface area contributed by atoms with Crippen molar-refractivity contribution in [3.8, 4) is 0 Å². The Labute approximate surface area is 119 Å². The fraction of sp³-hybridized carbons (Fsp3) is 0.154. The number of rotatable bonds is 5. The van der Waals surface area contributed by atoms with Gasteiger partial charge in [-0.3, -0.25) is 14.9 Å². The summed E-state index contributed by atoms with van der Waals surface area (Å²) in [7, 11) is 2.11. The highest BCUT2D eigenvalue weighted by Gasteiger charge is 2.23. The quantitative estimate of drug-likeness (QED) is 0.152. The fourth-order valence-corrected chi connectivity index (χ4v) is 1.42. The molecule has 0 heterocycles. The molecule has 0 saturated carbocycles. The summed E-state index contributed by atoms with van der Waals surface area (Å²) in [6.45, 7) is 0. The van der Waals surface area contributed by atoms with Crippen molar-refractivity contribution in [2.75, 3.05) is 14.2 Å². The monoisotopic (exact) mass is 293 g/mol. The first kappa shape index (κ1) is 16.0. The largest absolute Gasteiger partial charge is 0.466 e. The second kappa shape index (κ2) is 6.94. The van der Waals surface area contributed by atoms with Crippen LogP contribution in [0.25, 0.3) is 0 Å². The Bertz CT molecular complexity index is 633. The van der Waals surface area contributed by atoms with E-state index in [0.717, 1.165) is 20.3 Å². The minimum Gasteiger partial charge on any atom is -0.466 e. The molecule has 21 heavy (non-hydrogen) atoms. The van der Waals surface area contributed by atoms with Gasteiger partial charge in [0.2, 0.25) is 5.78 Å². The minimum absolute atomic E-state index is 0.121. The summed E-state index contributed by atoms with van der Waals surface area (Å²) in [5.74, 6) is -2.85. The molecule has 0 aliphatic rings. The lowest BCUT2D eigenvalue weighted by Crippen LogP contribution is -2.17. The van der Waals surface area contributed by atoms with E-state index in [2.05, 4.69) is 9.47 Å². The molecule has 0 amide bonds. The third kappa shape index (κ3) is 3.96. The van der Waals surface area contributed by atoms with Crippen LogP contribution in [0.15, 0.2) is 35.9 Å². The van der Waals surface area contributed by atoms with E-state index in [4.69, 9.17) is 0 Å². The Kier molecular flexibility index (Phi) is 5.30. The Balaban J connectivity index is 3.26. The minimum atomic E-state index is -1.04. The van der Waals surface area contributed by atoms with Crippen molar-refractivity contribution in [2.24, 2.45) is 0 Å². The summed E-state index contributed by atoms with van der Waals surface area (Å²) in [5, 5.41) is 10.7. The Morgan fingerprint density at radius 3 is 2.38 bits per heavy atom. The molecule has 0 fully saturated rings. The number of benzene rings is 1. The number of carbonyl (C=O) groups excluding carboxylic acids is 3. The zero-order chi connectivity index (χ0) is 16.0. The van der Waals surface area contributed by atoms with Crippen molar-refractivity contribution in [3.63, 3.8) is 0 Å². The van der Waals surface area contributed by atoms with Crippen molar-refractivity contribution >= 4 is 23.4 Å². The molecule has 0 unspecified atom stereocenters. The summed E-state index contributed by atoms with van der Waals surface area (Å²) in [5.41, 5.74) is -1.02. The molecule has 0 aromatic heterocycles. The molecule has 1 aromatic rings. The number of methoxy groups -OCH3 is 2. The number of ketones is 1. The molecule has 110 valence electrons. The van der Waals surface area contributed by atoms with E-state index < -0.39 is 28.2 Å². The first-order chi connectivity index (χ1) is 9.90. The molecule has 0 atom stereocenters. The molecule has 8 nitrogen and oxygen atoms in total. The fourth-order valence-electron chi connectivity index (χ4n) is 1.42. The van der Waals surface area contributed by atoms with Crippen LogP contribution in [-0.2, 0) is 19.1 Å². The molecule has 0 aliphatic heterocycles. The summed E-state index contributed by atoms with van der Waals surface area (Å²) in [4.78, 5) is 44.9. The smallest absolute Gasteiger partial charge is 0.342 e. The van der Waals surface area contributed by atoms with E-state index in [1.54, 1.807) is 0 Å². The highest BCUT2D eigenvalue weighted by Crippen LogP contribution is 2.17. The summed E-state index contributed by atoms with van der Waals surface area (Å²) in [6, 6.07) is 4.76. The van der Waals surface area contributed by atoms with Crippen molar-refractivity contribution in [1.29, 1.82) is 0 Å². The maximum Gasteiger partial charge on any atom is 0.342 e. The topological polar surface area (TPSA) is 113 Å². The average molecular weight is 293 g/mol. The van der Waals surface area contributed by atoms with Crippen LogP contribution in [0.1, 0.15) is 10.4 Å². The SMILES string of the molecule is COC(=O)/C=C(/C(=O)OC)C(=O)c1cccc([N+](=O)[O-])c1. The molecule has 0 radical (unpaired) electrons. The van der Waals surface area contributed by atoms with E-state index >= 15 is 0 Å². The number of ether oxygens (including phenoxy) is 2. The standard InChI is InChI=1S/C13H11NO7/c1-20-11(15)7-10(13(17)21-2)12(16)8-4-3-5-9(6-8)14(18)19/h3-7H,1-2H3/b10-7+. The lowest BCUT2D eigenvalue weighted by molar-refractivity contribution is -0.384. The van der Waals surface area contributed by atoms with Crippen molar-refractivity contribution in [2.45, 2.75) is 0 Å². The van der Waals surface area contributed by atoms with Crippen LogP contribution in [-0.4, -0.2) is 36.9 Å². The van der Waals surface area contributed by atoms with E-state index in [1.165, 1.54) is 18.2 Å². The number of Topliss-reactive ketones (excluding diaryl/α,β-unsaturated/α-hetero) is 1. The third-order valence-corrected chi connectivity index (χ3v) is 2.43. The van der Waals surface area contributed by atoms with Gasteiger partial charge in [0.15, 0.2) is 0 Å². The number of nitro groups is 1.